The number of hydrogen-bond donors (Lipinski definition) is 1. The van der Waals surface area contributed by atoms with Crippen LogP contribution in [0.5, 0.6) is 0 Å². The van der Waals surface area contributed by atoms with E-state index in [4.69, 9.17) is 4.74 Å². The molecule has 0 spiro atoms. The minimum absolute atomic E-state index is 0.0725. The average molecular weight is 331 g/mol. The van der Waals surface area contributed by atoms with Crippen LogP contribution in [0, 0.1) is 0 Å². The minimum Gasteiger partial charge on any atom is -0.367 e. The van der Waals surface area contributed by atoms with E-state index in [9.17, 15) is 0 Å². The first-order valence-corrected chi connectivity index (χ1v) is 8.88. The molecule has 1 saturated carbocycles. The van der Waals surface area contributed by atoms with Gasteiger partial charge in [-0.05, 0) is 19.3 Å². The summed E-state index contributed by atoms with van der Waals surface area (Å²) in [7, 11) is 2.08. The second-order valence-electron chi connectivity index (χ2n) is 6.79. The van der Waals surface area contributed by atoms with Gasteiger partial charge in [-0.3, -0.25) is 10.00 Å². The van der Waals surface area contributed by atoms with Crippen molar-refractivity contribution in [3.05, 3.63) is 23.3 Å². The molecule has 2 aromatic rings. The predicted octanol–water partition coefficient (Wildman–Crippen LogP) is 1.34. The summed E-state index contributed by atoms with van der Waals surface area (Å²) in [4.78, 5) is 6.92. The molecule has 1 saturated heterocycles. The molecule has 2 aliphatic rings. The first-order chi connectivity index (χ1) is 11.7. The zero-order valence-corrected chi connectivity index (χ0v) is 14.4. The molecule has 0 radical (unpaired) electrons. The zero-order chi connectivity index (χ0) is 16.5. The highest BCUT2D eigenvalue weighted by Crippen LogP contribution is 2.38. The van der Waals surface area contributed by atoms with Crippen LogP contribution >= 0.6 is 0 Å². The van der Waals surface area contributed by atoms with Gasteiger partial charge >= 0.3 is 0 Å². The van der Waals surface area contributed by atoms with Crippen molar-refractivity contribution in [3.63, 3.8) is 0 Å². The van der Waals surface area contributed by atoms with Crippen molar-refractivity contribution in [1.29, 1.82) is 0 Å². The van der Waals surface area contributed by atoms with Gasteiger partial charge in [-0.25, -0.2) is 4.98 Å². The number of hydrogen-bond acceptors (Lipinski definition) is 6. The van der Waals surface area contributed by atoms with Crippen molar-refractivity contribution in [3.8, 4) is 0 Å². The molecule has 1 aliphatic heterocycles. The number of ether oxygens (including phenoxy) is 1. The van der Waals surface area contributed by atoms with Crippen LogP contribution in [0.15, 0.2) is 0 Å². The Hall–Kier alpha value is -1.80. The predicted molar refractivity (Wildman–Crippen MR) is 87.3 cm³/mol. The summed E-state index contributed by atoms with van der Waals surface area (Å²) in [6.45, 7) is 5.30. The topological polar surface area (TPSA) is 84.8 Å². The smallest absolute Gasteiger partial charge is 0.180 e. The first kappa shape index (κ1) is 15.7. The highest BCUT2D eigenvalue weighted by molar-refractivity contribution is 5.08. The van der Waals surface area contributed by atoms with E-state index in [0.29, 0.717) is 12.5 Å². The van der Waals surface area contributed by atoms with E-state index >= 15 is 0 Å². The van der Waals surface area contributed by atoms with Crippen molar-refractivity contribution in [2.45, 2.75) is 51.2 Å². The molecule has 8 nitrogen and oxygen atoms in total. The largest absolute Gasteiger partial charge is 0.367 e. The molecule has 1 aliphatic carbocycles. The van der Waals surface area contributed by atoms with Crippen LogP contribution in [-0.2, 0) is 24.8 Å². The van der Waals surface area contributed by atoms with Gasteiger partial charge in [-0.2, -0.15) is 5.10 Å². The number of rotatable bonds is 6. The van der Waals surface area contributed by atoms with Crippen molar-refractivity contribution in [1.82, 2.24) is 34.8 Å². The summed E-state index contributed by atoms with van der Waals surface area (Å²) in [5, 5.41) is 16.1. The Morgan fingerprint density at radius 3 is 2.96 bits per heavy atom. The van der Waals surface area contributed by atoms with Gasteiger partial charge in [-0.15, -0.1) is 10.2 Å². The van der Waals surface area contributed by atoms with Crippen molar-refractivity contribution in [2.75, 3.05) is 19.7 Å². The lowest BCUT2D eigenvalue weighted by atomic mass is 10.2. The minimum atomic E-state index is -0.0725. The van der Waals surface area contributed by atoms with E-state index in [0.717, 1.165) is 55.8 Å². The number of aromatic nitrogens is 6. The Balaban J connectivity index is 1.41. The van der Waals surface area contributed by atoms with Gasteiger partial charge in [-0.1, -0.05) is 6.92 Å². The molecule has 0 bridgehead atoms. The number of aryl methyl sites for hydroxylation is 1. The molecule has 3 heterocycles. The summed E-state index contributed by atoms with van der Waals surface area (Å²) >= 11 is 0. The number of nitrogens with one attached hydrogen (secondary N) is 1. The number of H-pyrrole nitrogens is 1. The number of nitrogens with zero attached hydrogens (tertiary/aromatic N) is 6. The van der Waals surface area contributed by atoms with Gasteiger partial charge in [0.1, 0.15) is 23.6 Å². The molecular weight excluding hydrogens is 306 g/mol. The quantitative estimate of drug-likeness (QED) is 0.860. The summed E-state index contributed by atoms with van der Waals surface area (Å²) in [6, 6.07) is 0. The highest BCUT2D eigenvalue weighted by Gasteiger charge is 2.30. The van der Waals surface area contributed by atoms with Gasteiger partial charge in [0.25, 0.3) is 0 Å². The maximum Gasteiger partial charge on any atom is 0.180 e. The molecule has 0 amide bonds. The van der Waals surface area contributed by atoms with E-state index in [-0.39, 0.29) is 6.10 Å². The number of morpholine rings is 1. The molecule has 2 aromatic heterocycles. The Bertz CT molecular complexity index is 690. The van der Waals surface area contributed by atoms with Crippen molar-refractivity contribution >= 4 is 0 Å². The molecule has 1 atom stereocenters. The van der Waals surface area contributed by atoms with Crippen molar-refractivity contribution in [2.24, 2.45) is 7.05 Å². The fourth-order valence-corrected chi connectivity index (χ4v) is 3.22. The summed E-state index contributed by atoms with van der Waals surface area (Å²) in [5.74, 6) is 4.49. The van der Waals surface area contributed by atoms with E-state index < -0.39 is 0 Å². The molecule has 4 rings (SSSR count). The average Bonchev–Trinajstić information content (AvgIpc) is 3.22. The summed E-state index contributed by atoms with van der Waals surface area (Å²) in [5.41, 5.74) is 0. The Labute approximate surface area is 141 Å². The Kier molecular flexibility index (Phi) is 4.32. The second kappa shape index (κ2) is 6.60. The lowest BCUT2D eigenvalue weighted by Crippen LogP contribution is -2.38. The fourth-order valence-electron chi connectivity index (χ4n) is 3.22. The van der Waals surface area contributed by atoms with E-state index in [1.807, 2.05) is 0 Å². The van der Waals surface area contributed by atoms with Crippen molar-refractivity contribution < 1.29 is 4.74 Å². The maximum absolute atomic E-state index is 5.88. The first-order valence-electron chi connectivity index (χ1n) is 8.88. The molecule has 130 valence electrons. The Morgan fingerprint density at radius 1 is 1.29 bits per heavy atom. The fraction of sp³-hybridized carbons (Fsp3) is 0.750. The van der Waals surface area contributed by atoms with Gasteiger partial charge in [0.15, 0.2) is 5.82 Å². The molecule has 24 heavy (non-hydrogen) atoms. The Morgan fingerprint density at radius 2 is 2.17 bits per heavy atom. The molecule has 2 fully saturated rings. The highest BCUT2D eigenvalue weighted by atomic mass is 16.5. The van der Waals surface area contributed by atoms with Gasteiger partial charge in [0.05, 0.1) is 13.2 Å². The third-order valence-corrected chi connectivity index (χ3v) is 4.78. The van der Waals surface area contributed by atoms with Crippen LogP contribution in [0.2, 0.25) is 0 Å². The number of aromatic amines is 1. The lowest BCUT2D eigenvalue weighted by Gasteiger charge is -2.31. The SMILES string of the molecule is CCCc1nc([C@H]2CN(Cc3nnc(C4CC4)n3C)CCO2)n[nH]1. The zero-order valence-electron chi connectivity index (χ0n) is 14.4. The van der Waals surface area contributed by atoms with Crippen LogP contribution in [0.4, 0.5) is 0 Å². The van der Waals surface area contributed by atoms with Crippen LogP contribution in [0.25, 0.3) is 0 Å². The van der Waals surface area contributed by atoms with Gasteiger partial charge in [0, 0.05) is 32.5 Å². The van der Waals surface area contributed by atoms with Gasteiger partial charge < -0.3 is 9.30 Å². The molecule has 8 heteroatoms. The third kappa shape index (κ3) is 3.21. The summed E-state index contributed by atoms with van der Waals surface area (Å²) < 4.78 is 8.04. The molecule has 1 N–H and O–H groups in total. The van der Waals surface area contributed by atoms with Crippen LogP contribution in [0.3, 0.4) is 0 Å². The van der Waals surface area contributed by atoms with Crippen LogP contribution < -0.4 is 0 Å². The molecular formula is C16H25N7O. The normalized spacial score (nSPS) is 22.2. The monoisotopic (exact) mass is 331 g/mol. The third-order valence-electron chi connectivity index (χ3n) is 4.78. The van der Waals surface area contributed by atoms with Crippen LogP contribution in [-0.4, -0.2) is 54.5 Å². The summed E-state index contributed by atoms with van der Waals surface area (Å²) in [6.07, 6.45) is 4.40. The lowest BCUT2D eigenvalue weighted by molar-refractivity contribution is -0.0380. The molecule has 0 aromatic carbocycles. The van der Waals surface area contributed by atoms with E-state index in [2.05, 4.69) is 48.8 Å². The van der Waals surface area contributed by atoms with Crippen LogP contribution in [0.1, 0.15) is 61.5 Å². The molecule has 0 unspecified atom stereocenters. The van der Waals surface area contributed by atoms with E-state index in [1.165, 1.54) is 12.8 Å². The van der Waals surface area contributed by atoms with E-state index in [1.54, 1.807) is 0 Å². The second-order valence-corrected chi connectivity index (χ2v) is 6.79. The van der Waals surface area contributed by atoms with Gasteiger partial charge in [0.2, 0.25) is 0 Å². The standard InChI is InChI=1S/C16H25N7O/c1-3-4-13-17-15(20-18-13)12-9-23(7-8-24-12)10-14-19-21-16(22(14)2)11-5-6-11/h11-12H,3-10H2,1-2H3,(H,17,18,20)/t12-/m1/s1. The maximum atomic E-state index is 5.88.